The molecule has 23 heavy (non-hydrogen) atoms. The lowest BCUT2D eigenvalue weighted by atomic mass is 10.1. The summed E-state index contributed by atoms with van der Waals surface area (Å²) in [6.45, 7) is 7.67. The molecule has 2 rings (SSSR count). The number of aryl methyl sites for hydroxylation is 2. The Hall–Kier alpha value is -2.30. The fraction of sp³-hybridized carbons (Fsp3) is 0.444. The van der Waals surface area contributed by atoms with Gasteiger partial charge in [0.2, 0.25) is 0 Å². The summed E-state index contributed by atoms with van der Waals surface area (Å²) in [6, 6.07) is 10.4. The zero-order valence-electron chi connectivity index (χ0n) is 14.4. The van der Waals surface area contributed by atoms with Gasteiger partial charge in [0.15, 0.2) is 5.96 Å². The van der Waals surface area contributed by atoms with Crippen molar-refractivity contribution in [2.45, 2.75) is 33.4 Å². The van der Waals surface area contributed by atoms with E-state index < -0.39 is 0 Å². The summed E-state index contributed by atoms with van der Waals surface area (Å²) >= 11 is 0. The van der Waals surface area contributed by atoms with Crippen molar-refractivity contribution in [1.82, 2.24) is 20.0 Å². The molecule has 0 aliphatic rings. The van der Waals surface area contributed by atoms with E-state index in [-0.39, 0.29) is 0 Å². The number of aromatic nitrogens is 2. The number of guanidine groups is 1. The van der Waals surface area contributed by atoms with E-state index >= 15 is 0 Å². The predicted octanol–water partition coefficient (Wildman–Crippen LogP) is 2.68. The number of hydrogen-bond donors (Lipinski definition) is 1. The number of nitrogens with one attached hydrogen (secondary N) is 1. The minimum atomic E-state index is 0.792. The van der Waals surface area contributed by atoms with E-state index in [0.29, 0.717) is 0 Å². The van der Waals surface area contributed by atoms with E-state index in [1.54, 1.807) is 0 Å². The second-order valence-corrected chi connectivity index (χ2v) is 5.64. The summed E-state index contributed by atoms with van der Waals surface area (Å²) in [5.74, 6) is 0.955. The van der Waals surface area contributed by atoms with Crippen molar-refractivity contribution in [2.24, 2.45) is 4.99 Å². The molecule has 0 spiro atoms. The molecule has 1 aromatic carbocycles. The van der Waals surface area contributed by atoms with Gasteiger partial charge in [-0.05, 0) is 37.5 Å². The molecule has 0 aliphatic carbocycles. The first-order valence-electron chi connectivity index (χ1n) is 8.22. The number of rotatable bonds is 7. The molecule has 0 fully saturated rings. The van der Waals surface area contributed by atoms with Crippen LogP contribution in [-0.4, -0.2) is 40.8 Å². The van der Waals surface area contributed by atoms with Crippen LogP contribution in [0.3, 0.4) is 0 Å². The molecule has 1 heterocycles. The highest BCUT2D eigenvalue weighted by molar-refractivity contribution is 5.79. The highest BCUT2D eigenvalue weighted by atomic mass is 15.3. The predicted molar refractivity (Wildman–Crippen MR) is 95.5 cm³/mol. The molecule has 0 bridgehead atoms. The Morgan fingerprint density at radius 3 is 2.83 bits per heavy atom. The third kappa shape index (κ3) is 5.43. The quantitative estimate of drug-likeness (QED) is 0.486. The van der Waals surface area contributed by atoms with Gasteiger partial charge in [0.1, 0.15) is 0 Å². The van der Waals surface area contributed by atoms with E-state index in [2.05, 4.69) is 60.5 Å². The third-order valence-corrected chi connectivity index (χ3v) is 3.73. The summed E-state index contributed by atoms with van der Waals surface area (Å²) in [5.41, 5.74) is 2.64. The van der Waals surface area contributed by atoms with Crippen molar-refractivity contribution in [3.05, 3.63) is 53.9 Å². The Labute approximate surface area is 139 Å². The molecule has 0 atom stereocenters. The maximum atomic E-state index is 4.73. The highest BCUT2D eigenvalue weighted by Crippen LogP contribution is 2.09. The average Bonchev–Trinajstić information content (AvgIpc) is 3.06. The lowest BCUT2D eigenvalue weighted by Crippen LogP contribution is -2.38. The zero-order valence-corrected chi connectivity index (χ0v) is 14.4. The molecule has 5 nitrogen and oxygen atoms in total. The molecule has 1 aromatic heterocycles. The maximum Gasteiger partial charge on any atom is 0.193 e. The molecule has 1 N–H and O–H groups in total. The van der Waals surface area contributed by atoms with Gasteiger partial charge < -0.3 is 10.2 Å². The Kier molecular flexibility index (Phi) is 6.66. The SMILES string of the molecule is CCNC(=NCCCn1cccn1)N(C)Cc1ccccc1C. The second kappa shape index (κ2) is 8.98. The van der Waals surface area contributed by atoms with Crippen LogP contribution in [0.25, 0.3) is 0 Å². The van der Waals surface area contributed by atoms with Crippen molar-refractivity contribution >= 4 is 5.96 Å². The Balaban J connectivity index is 1.90. The molecular weight excluding hydrogens is 286 g/mol. The smallest absolute Gasteiger partial charge is 0.193 e. The maximum absolute atomic E-state index is 4.73. The molecule has 0 saturated heterocycles. The standard InChI is InChI=1S/C18H27N5/c1-4-19-18(20-11-7-13-23-14-8-12-21-23)22(3)15-17-10-6-5-9-16(17)2/h5-6,8-10,12,14H,4,7,11,13,15H2,1-3H3,(H,19,20). The van der Waals surface area contributed by atoms with Crippen LogP contribution in [0.4, 0.5) is 0 Å². The van der Waals surface area contributed by atoms with Crippen molar-refractivity contribution in [2.75, 3.05) is 20.1 Å². The van der Waals surface area contributed by atoms with Crippen LogP contribution in [-0.2, 0) is 13.1 Å². The third-order valence-electron chi connectivity index (χ3n) is 3.73. The highest BCUT2D eigenvalue weighted by Gasteiger charge is 2.07. The van der Waals surface area contributed by atoms with Gasteiger partial charge in [-0.1, -0.05) is 24.3 Å². The summed E-state index contributed by atoms with van der Waals surface area (Å²) in [5, 5.41) is 7.58. The van der Waals surface area contributed by atoms with Gasteiger partial charge in [-0.25, -0.2) is 0 Å². The fourth-order valence-corrected chi connectivity index (χ4v) is 2.44. The topological polar surface area (TPSA) is 45.5 Å². The largest absolute Gasteiger partial charge is 0.357 e. The van der Waals surface area contributed by atoms with Crippen LogP contribution < -0.4 is 5.32 Å². The van der Waals surface area contributed by atoms with Crippen LogP contribution >= 0.6 is 0 Å². The van der Waals surface area contributed by atoms with E-state index in [9.17, 15) is 0 Å². The number of nitrogens with zero attached hydrogens (tertiary/aromatic N) is 4. The van der Waals surface area contributed by atoms with Crippen LogP contribution in [0.5, 0.6) is 0 Å². The monoisotopic (exact) mass is 313 g/mol. The first-order chi connectivity index (χ1) is 11.2. The van der Waals surface area contributed by atoms with Crippen molar-refractivity contribution in [3.8, 4) is 0 Å². The second-order valence-electron chi connectivity index (χ2n) is 5.64. The molecule has 5 heteroatoms. The van der Waals surface area contributed by atoms with Crippen LogP contribution in [0.2, 0.25) is 0 Å². The number of benzene rings is 1. The van der Waals surface area contributed by atoms with Gasteiger partial charge in [-0.3, -0.25) is 9.67 Å². The summed E-state index contributed by atoms with van der Waals surface area (Å²) < 4.78 is 1.94. The summed E-state index contributed by atoms with van der Waals surface area (Å²) in [4.78, 5) is 6.91. The minimum Gasteiger partial charge on any atom is -0.357 e. The molecule has 0 amide bonds. The van der Waals surface area contributed by atoms with E-state index in [1.165, 1.54) is 11.1 Å². The van der Waals surface area contributed by atoms with Gasteiger partial charge >= 0.3 is 0 Å². The Bertz CT molecular complexity index is 604. The molecule has 0 aliphatic heterocycles. The van der Waals surface area contributed by atoms with Gasteiger partial charge in [-0.2, -0.15) is 5.10 Å². The number of aliphatic imine (C=N–C) groups is 1. The van der Waals surface area contributed by atoms with Crippen molar-refractivity contribution < 1.29 is 0 Å². The van der Waals surface area contributed by atoms with Crippen LogP contribution in [0.15, 0.2) is 47.7 Å². The van der Waals surface area contributed by atoms with Crippen molar-refractivity contribution in [3.63, 3.8) is 0 Å². The van der Waals surface area contributed by atoms with Gasteiger partial charge in [0.05, 0.1) is 0 Å². The summed E-state index contributed by atoms with van der Waals surface area (Å²) in [7, 11) is 2.08. The Morgan fingerprint density at radius 2 is 2.13 bits per heavy atom. The minimum absolute atomic E-state index is 0.792. The van der Waals surface area contributed by atoms with E-state index in [4.69, 9.17) is 4.99 Å². The van der Waals surface area contributed by atoms with Gasteiger partial charge in [-0.15, -0.1) is 0 Å². The molecule has 0 saturated carbocycles. The fourth-order valence-electron chi connectivity index (χ4n) is 2.44. The van der Waals surface area contributed by atoms with E-state index in [1.807, 2.05) is 23.1 Å². The molecule has 0 radical (unpaired) electrons. The van der Waals surface area contributed by atoms with Gasteiger partial charge in [0, 0.05) is 45.6 Å². The Morgan fingerprint density at radius 1 is 1.30 bits per heavy atom. The molecule has 0 unspecified atom stereocenters. The first-order valence-corrected chi connectivity index (χ1v) is 8.22. The van der Waals surface area contributed by atoms with Gasteiger partial charge in [0.25, 0.3) is 0 Å². The molecule has 124 valence electrons. The normalized spacial score (nSPS) is 11.5. The van der Waals surface area contributed by atoms with Crippen LogP contribution in [0.1, 0.15) is 24.5 Å². The molecular formula is C18H27N5. The summed E-state index contributed by atoms with van der Waals surface area (Å²) in [6.07, 6.45) is 4.78. The zero-order chi connectivity index (χ0) is 16.5. The van der Waals surface area contributed by atoms with Crippen molar-refractivity contribution in [1.29, 1.82) is 0 Å². The lowest BCUT2D eigenvalue weighted by molar-refractivity contribution is 0.474. The molecule has 2 aromatic rings. The van der Waals surface area contributed by atoms with Crippen LogP contribution in [0, 0.1) is 6.92 Å². The van der Waals surface area contributed by atoms with E-state index in [0.717, 1.165) is 38.6 Å². The lowest BCUT2D eigenvalue weighted by Gasteiger charge is -2.23. The average molecular weight is 313 g/mol. The first kappa shape index (κ1) is 17.1. The number of hydrogen-bond acceptors (Lipinski definition) is 2.